The minimum atomic E-state index is -0.878. The van der Waals surface area contributed by atoms with Gasteiger partial charge in [0.15, 0.2) is 0 Å². The highest BCUT2D eigenvalue weighted by Crippen LogP contribution is 2.56. The van der Waals surface area contributed by atoms with Gasteiger partial charge in [0.25, 0.3) is 0 Å². The van der Waals surface area contributed by atoms with Gasteiger partial charge in [-0.2, -0.15) is 0 Å². The zero-order chi connectivity index (χ0) is 27.0. The number of anilines is 1. The van der Waals surface area contributed by atoms with Crippen molar-refractivity contribution in [3.63, 3.8) is 0 Å². The molecule has 192 valence electrons. The Morgan fingerprint density at radius 1 is 0.600 bits per heavy atom. The summed E-state index contributed by atoms with van der Waals surface area (Å²) in [6.07, 6.45) is 2.05. The summed E-state index contributed by atoms with van der Waals surface area (Å²) in [6, 6.07) is 34.9. The Kier molecular flexibility index (Phi) is 4.86. The molecular weight excluding hydrogens is 498 g/mol. The van der Waals surface area contributed by atoms with E-state index >= 15 is 0 Å². The molecule has 8 rings (SSSR count). The number of nitrogens with zero attached hydrogens (tertiary/aromatic N) is 1. The van der Waals surface area contributed by atoms with Crippen molar-refractivity contribution in [1.82, 2.24) is 0 Å². The summed E-state index contributed by atoms with van der Waals surface area (Å²) in [7, 11) is 0. The minimum absolute atomic E-state index is 0.285. The highest BCUT2D eigenvalue weighted by atomic mass is 16.5. The van der Waals surface area contributed by atoms with Gasteiger partial charge in [-0.15, -0.1) is 0 Å². The maximum atomic E-state index is 14.4. The minimum Gasteiger partial charge on any atom is -0.425 e. The Morgan fingerprint density at radius 3 is 2.05 bits per heavy atom. The number of hydrogen-bond acceptors (Lipinski definition) is 4. The first-order chi connectivity index (χ1) is 19.6. The summed E-state index contributed by atoms with van der Waals surface area (Å²) in [5, 5.41) is 3.73. The number of carbonyl (C=O) groups is 3. The predicted molar refractivity (Wildman–Crippen MR) is 154 cm³/mol. The van der Waals surface area contributed by atoms with Crippen LogP contribution in [0.15, 0.2) is 115 Å². The van der Waals surface area contributed by atoms with E-state index in [0.717, 1.165) is 38.2 Å². The molecule has 0 radical (unpaired) electrons. The first-order valence-electron chi connectivity index (χ1n) is 13.5. The van der Waals surface area contributed by atoms with Gasteiger partial charge in [-0.25, -0.2) is 4.90 Å². The van der Waals surface area contributed by atoms with Crippen molar-refractivity contribution in [3.8, 4) is 5.75 Å². The number of fused-ring (bicyclic) bond motifs is 8. The topological polar surface area (TPSA) is 63.7 Å². The van der Waals surface area contributed by atoms with Crippen LogP contribution in [0.2, 0.25) is 0 Å². The molecule has 2 amide bonds. The van der Waals surface area contributed by atoms with Crippen molar-refractivity contribution < 1.29 is 19.1 Å². The van der Waals surface area contributed by atoms with Gasteiger partial charge < -0.3 is 4.74 Å². The highest BCUT2D eigenvalue weighted by Gasteiger charge is 2.60. The monoisotopic (exact) mass is 521 g/mol. The number of allylic oxidation sites excluding steroid dienone is 1. The molecule has 0 N–H and O–H groups in total. The lowest BCUT2D eigenvalue weighted by Gasteiger charge is -2.38. The lowest BCUT2D eigenvalue weighted by Crippen LogP contribution is -2.42. The van der Waals surface area contributed by atoms with Crippen LogP contribution in [0.4, 0.5) is 5.69 Å². The van der Waals surface area contributed by atoms with Crippen molar-refractivity contribution >= 4 is 50.6 Å². The summed E-state index contributed by atoms with van der Waals surface area (Å²) in [5.41, 5.74) is 3.07. The fourth-order valence-corrected chi connectivity index (χ4v) is 6.97. The van der Waals surface area contributed by atoms with Gasteiger partial charge in [-0.3, -0.25) is 14.4 Å². The second kappa shape index (κ2) is 8.48. The third-order valence-corrected chi connectivity index (χ3v) is 8.67. The number of ether oxygens (including phenoxy) is 1. The van der Waals surface area contributed by atoms with Crippen LogP contribution in [0.25, 0.3) is 27.1 Å². The molecule has 1 saturated heterocycles. The summed E-state index contributed by atoms with van der Waals surface area (Å²) in [5.74, 6) is -3.51. The van der Waals surface area contributed by atoms with Crippen LogP contribution in [-0.2, 0) is 14.4 Å². The number of hydrogen-bond donors (Lipinski definition) is 0. The van der Waals surface area contributed by atoms with Gasteiger partial charge in [-0.05, 0) is 39.4 Å². The molecule has 0 unspecified atom stereocenters. The molecule has 0 aromatic heterocycles. The Labute approximate surface area is 230 Å². The van der Waals surface area contributed by atoms with Gasteiger partial charge in [0.1, 0.15) is 5.75 Å². The van der Waals surface area contributed by atoms with Crippen molar-refractivity contribution in [1.29, 1.82) is 0 Å². The van der Waals surface area contributed by atoms with E-state index in [0.29, 0.717) is 11.4 Å². The summed E-state index contributed by atoms with van der Waals surface area (Å²) < 4.78 is 5.89. The molecule has 1 aliphatic carbocycles. The van der Waals surface area contributed by atoms with Crippen LogP contribution in [-0.4, -0.2) is 17.8 Å². The van der Waals surface area contributed by atoms with E-state index < -0.39 is 23.7 Å². The summed E-state index contributed by atoms with van der Waals surface area (Å²) in [4.78, 5) is 43.7. The van der Waals surface area contributed by atoms with Gasteiger partial charge >= 0.3 is 5.97 Å². The van der Waals surface area contributed by atoms with Crippen LogP contribution < -0.4 is 9.64 Å². The number of esters is 1. The zero-order valence-electron chi connectivity index (χ0n) is 21.4. The van der Waals surface area contributed by atoms with Crippen LogP contribution in [0.3, 0.4) is 0 Å². The van der Waals surface area contributed by atoms with E-state index in [9.17, 15) is 14.4 Å². The molecule has 2 aliphatic heterocycles. The SMILES string of the molecule is O=C1Oc2ccc3ccccc3c2C2=C[C@H](c3ccccc3)[C@@H]3C(=O)N(c4cccc5ccccc45)C(=O)[C@H]3[C@H]12. The normalized spacial score (nSPS) is 23.4. The predicted octanol–water partition coefficient (Wildman–Crippen LogP) is 6.51. The van der Waals surface area contributed by atoms with Crippen molar-refractivity contribution in [2.45, 2.75) is 5.92 Å². The molecule has 5 heteroatoms. The molecular formula is C35H23NO4. The fourth-order valence-electron chi connectivity index (χ4n) is 6.97. The van der Waals surface area contributed by atoms with E-state index in [2.05, 4.69) is 0 Å². The molecule has 5 aromatic rings. The Bertz CT molecular complexity index is 1920. The maximum Gasteiger partial charge on any atom is 0.319 e. The number of benzene rings is 5. The van der Waals surface area contributed by atoms with Crippen LogP contribution in [0.1, 0.15) is 17.0 Å². The Morgan fingerprint density at radius 2 is 1.25 bits per heavy atom. The van der Waals surface area contributed by atoms with Crippen molar-refractivity contribution in [2.24, 2.45) is 17.8 Å². The molecule has 3 aliphatic rings. The summed E-state index contributed by atoms with van der Waals surface area (Å²) >= 11 is 0. The molecule has 0 bridgehead atoms. The van der Waals surface area contributed by atoms with E-state index in [-0.39, 0.29) is 17.7 Å². The van der Waals surface area contributed by atoms with Crippen LogP contribution >= 0.6 is 0 Å². The Balaban J connectivity index is 1.37. The van der Waals surface area contributed by atoms with Gasteiger partial charge in [-0.1, -0.05) is 103 Å². The van der Waals surface area contributed by atoms with E-state index in [1.54, 1.807) is 0 Å². The van der Waals surface area contributed by atoms with Gasteiger partial charge in [0.2, 0.25) is 11.8 Å². The van der Waals surface area contributed by atoms with Crippen LogP contribution in [0.5, 0.6) is 5.75 Å². The van der Waals surface area contributed by atoms with Crippen molar-refractivity contribution in [3.05, 3.63) is 126 Å². The van der Waals surface area contributed by atoms with E-state index in [4.69, 9.17) is 4.74 Å². The van der Waals surface area contributed by atoms with Gasteiger partial charge in [0.05, 0.1) is 23.4 Å². The average Bonchev–Trinajstić information content (AvgIpc) is 3.26. The molecule has 5 nitrogen and oxygen atoms in total. The largest absolute Gasteiger partial charge is 0.425 e. The number of amides is 2. The molecule has 4 atom stereocenters. The lowest BCUT2D eigenvalue weighted by atomic mass is 9.64. The van der Waals surface area contributed by atoms with Gasteiger partial charge in [0, 0.05) is 16.9 Å². The second-order valence-corrected chi connectivity index (χ2v) is 10.7. The first-order valence-corrected chi connectivity index (χ1v) is 13.5. The third-order valence-electron chi connectivity index (χ3n) is 8.67. The van der Waals surface area contributed by atoms with E-state index in [1.807, 2.05) is 115 Å². The summed E-state index contributed by atoms with van der Waals surface area (Å²) in [6.45, 7) is 0. The molecule has 0 spiro atoms. The molecule has 0 saturated carbocycles. The smallest absolute Gasteiger partial charge is 0.319 e. The maximum absolute atomic E-state index is 14.4. The zero-order valence-corrected chi connectivity index (χ0v) is 21.4. The molecule has 1 fully saturated rings. The van der Waals surface area contributed by atoms with Crippen LogP contribution in [0, 0.1) is 17.8 Å². The highest BCUT2D eigenvalue weighted by molar-refractivity contribution is 6.27. The molecule has 2 heterocycles. The second-order valence-electron chi connectivity index (χ2n) is 10.7. The third kappa shape index (κ3) is 3.12. The van der Waals surface area contributed by atoms with E-state index in [1.165, 1.54) is 4.90 Å². The Hall–Kier alpha value is -5.03. The number of carbonyl (C=O) groups excluding carboxylic acids is 3. The average molecular weight is 522 g/mol. The standard InChI is InChI=1S/C35H23NO4/c37-33-30-25(21-9-2-1-3-10-21)19-26-29-24-15-7-5-12-22(24)17-18-28(29)40-35(39)31(26)32(30)34(38)36(33)27-16-8-13-20-11-4-6-14-23(20)27/h1-19,25,30-32H/t25-,30+,31-,32-/m1/s1. The fraction of sp³-hybridized carbons (Fsp3) is 0.114. The molecule has 5 aromatic carbocycles. The lowest BCUT2D eigenvalue weighted by molar-refractivity contribution is -0.142. The number of imide groups is 1. The first kappa shape index (κ1) is 22.9. The van der Waals surface area contributed by atoms with Crippen molar-refractivity contribution in [2.75, 3.05) is 4.90 Å². The quantitative estimate of drug-likeness (QED) is 0.151. The molecule has 40 heavy (non-hydrogen) atoms. The number of rotatable bonds is 2.